The first-order valence-electron chi connectivity index (χ1n) is 12.3. The molecule has 1 aromatic carbocycles. The van der Waals surface area contributed by atoms with E-state index in [1.54, 1.807) is 22.9 Å². The second kappa shape index (κ2) is 9.78. The lowest BCUT2D eigenvalue weighted by Gasteiger charge is -2.42. The van der Waals surface area contributed by atoms with E-state index < -0.39 is 24.7 Å². The number of piperidine rings is 1. The summed E-state index contributed by atoms with van der Waals surface area (Å²) in [6.45, 7) is 2.24. The maximum Gasteiger partial charge on any atom is 0.244 e. The fraction of sp³-hybridized carbons (Fsp3) is 0.500. The van der Waals surface area contributed by atoms with Crippen molar-refractivity contribution < 1.29 is 22.6 Å². The van der Waals surface area contributed by atoms with Crippen LogP contribution < -0.4 is 10.1 Å². The molecule has 37 heavy (non-hydrogen) atoms. The number of aryl methyl sites for hydroxylation is 1. The minimum atomic E-state index is -1.11. The van der Waals surface area contributed by atoms with Crippen LogP contribution in [-0.2, 0) is 11.3 Å². The number of rotatable bonds is 8. The normalized spacial score (nSPS) is 21.0. The van der Waals surface area contributed by atoms with Crippen LogP contribution >= 0.6 is 0 Å². The number of hydrogen-bond donors (Lipinski definition) is 1. The standard InChI is InChI=1S/C24H27F3N8O2/c1-36-23-22-21(14-3-4-19-20(9-14)34(32-30-19)7-2-6-25)17(27)11-35(22)31-24(29-23)28-18-5-8-33(10-16(18)26)15-12-37-13-15/h3-4,9,11,15-16,18H,2,5-8,10,12-13H2,1H3,(H,28,31)/t16-,18-/m0/s1. The third kappa shape index (κ3) is 4.35. The quantitative estimate of drug-likeness (QED) is 0.382. The van der Waals surface area contributed by atoms with Crippen LogP contribution in [0.1, 0.15) is 12.8 Å². The number of aromatic nitrogens is 6. The predicted octanol–water partition coefficient (Wildman–Crippen LogP) is 2.87. The summed E-state index contributed by atoms with van der Waals surface area (Å²) < 4.78 is 56.7. The molecule has 0 bridgehead atoms. The largest absolute Gasteiger partial charge is 0.479 e. The van der Waals surface area contributed by atoms with E-state index in [0.717, 1.165) is 6.54 Å². The van der Waals surface area contributed by atoms with Gasteiger partial charge in [-0.1, -0.05) is 11.3 Å². The molecule has 2 fully saturated rings. The van der Waals surface area contributed by atoms with Gasteiger partial charge >= 0.3 is 0 Å². The van der Waals surface area contributed by atoms with E-state index in [9.17, 15) is 8.78 Å². The Kier molecular flexibility index (Phi) is 6.32. The van der Waals surface area contributed by atoms with Gasteiger partial charge in [0.25, 0.3) is 0 Å². The molecule has 5 heterocycles. The molecule has 196 valence electrons. The predicted molar refractivity (Wildman–Crippen MR) is 130 cm³/mol. The van der Waals surface area contributed by atoms with E-state index in [-0.39, 0.29) is 23.4 Å². The number of hydrogen-bond acceptors (Lipinski definition) is 8. The fourth-order valence-electron chi connectivity index (χ4n) is 5.02. The van der Waals surface area contributed by atoms with Gasteiger partial charge in [0.1, 0.15) is 17.2 Å². The molecule has 3 aromatic heterocycles. The summed E-state index contributed by atoms with van der Waals surface area (Å²) >= 11 is 0. The number of benzene rings is 1. The van der Waals surface area contributed by atoms with Crippen molar-refractivity contribution in [1.82, 2.24) is 34.5 Å². The highest BCUT2D eigenvalue weighted by molar-refractivity contribution is 5.89. The van der Waals surface area contributed by atoms with Gasteiger partial charge < -0.3 is 14.8 Å². The summed E-state index contributed by atoms with van der Waals surface area (Å²) in [5.41, 5.74) is 2.43. The molecule has 1 N–H and O–H groups in total. The van der Waals surface area contributed by atoms with Gasteiger partial charge in [-0.15, -0.1) is 10.2 Å². The molecule has 0 radical (unpaired) electrons. The first-order valence-corrected chi connectivity index (χ1v) is 12.3. The molecular formula is C24H27F3N8O2. The van der Waals surface area contributed by atoms with Crippen LogP contribution in [0.25, 0.3) is 27.7 Å². The second-order valence-corrected chi connectivity index (χ2v) is 9.39. The lowest BCUT2D eigenvalue weighted by Crippen LogP contribution is -2.57. The number of halogens is 3. The number of nitrogens with zero attached hydrogens (tertiary/aromatic N) is 7. The van der Waals surface area contributed by atoms with Crippen molar-refractivity contribution in [2.24, 2.45) is 0 Å². The molecule has 6 rings (SSSR count). The summed E-state index contributed by atoms with van der Waals surface area (Å²) in [6, 6.07) is 5.03. The molecule has 2 aliphatic rings. The average molecular weight is 517 g/mol. The summed E-state index contributed by atoms with van der Waals surface area (Å²) in [7, 11) is 1.44. The van der Waals surface area contributed by atoms with Gasteiger partial charge in [0, 0.05) is 19.6 Å². The molecule has 13 heteroatoms. The highest BCUT2D eigenvalue weighted by Gasteiger charge is 2.36. The van der Waals surface area contributed by atoms with Gasteiger partial charge in [0.05, 0.1) is 56.4 Å². The van der Waals surface area contributed by atoms with Crippen LogP contribution in [-0.4, -0.2) is 92.8 Å². The maximum atomic E-state index is 15.3. The number of alkyl halides is 2. The number of ether oxygens (including phenoxy) is 2. The Morgan fingerprint density at radius 2 is 2.14 bits per heavy atom. The number of likely N-dealkylation sites (tertiary alicyclic amines) is 1. The molecule has 10 nitrogen and oxygen atoms in total. The van der Waals surface area contributed by atoms with Crippen molar-refractivity contribution in [2.75, 3.05) is 45.4 Å². The zero-order valence-electron chi connectivity index (χ0n) is 20.3. The zero-order chi connectivity index (χ0) is 25.5. The lowest BCUT2D eigenvalue weighted by molar-refractivity contribution is -0.0794. The van der Waals surface area contributed by atoms with Gasteiger partial charge in [-0.25, -0.2) is 18.0 Å². The van der Waals surface area contributed by atoms with Crippen LogP contribution in [0.5, 0.6) is 5.88 Å². The number of anilines is 1. The molecular weight excluding hydrogens is 489 g/mol. The van der Waals surface area contributed by atoms with Gasteiger partial charge in [-0.3, -0.25) is 9.29 Å². The van der Waals surface area contributed by atoms with E-state index in [1.165, 1.54) is 17.8 Å². The maximum absolute atomic E-state index is 15.3. The van der Waals surface area contributed by atoms with Crippen molar-refractivity contribution in [2.45, 2.75) is 37.6 Å². The summed E-state index contributed by atoms with van der Waals surface area (Å²) in [5, 5.41) is 15.7. The lowest BCUT2D eigenvalue weighted by atomic mass is 10.0. The zero-order valence-corrected chi connectivity index (χ0v) is 20.3. The van der Waals surface area contributed by atoms with Crippen LogP contribution in [0.3, 0.4) is 0 Å². The van der Waals surface area contributed by atoms with Crippen molar-refractivity contribution >= 4 is 22.5 Å². The third-order valence-electron chi connectivity index (χ3n) is 7.08. The van der Waals surface area contributed by atoms with Crippen LogP contribution in [0, 0.1) is 5.82 Å². The first kappa shape index (κ1) is 23.9. The van der Waals surface area contributed by atoms with Crippen LogP contribution in [0.15, 0.2) is 24.4 Å². The van der Waals surface area contributed by atoms with Crippen molar-refractivity contribution in [1.29, 1.82) is 0 Å². The summed E-state index contributed by atoms with van der Waals surface area (Å²) in [4.78, 5) is 6.55. The van der Waals surface area contributed by atoms with Gasteiger partial charge in [0.2, 0.25) is 11.8 Å². The minimum Gasteiger partial charge on any atom is -0.479 e. The SMILES string of the molecule is COc1nc(N[C@H]2CCN(C3COC3)C[C@@H]2F)nn2cc(F)c(-c3ccc4nnn(CCCF)c4c3)c12. The van der Waals surface area contributed by atoms with E-state index >= 15 is 4.39 Å². The van der Waals surface area contributed by atoms with E-state index in [2.05, 4.69) is 30.6 Å². The Bertz CT molecular complexity index is 1420. The summed E-state index contributed by atoms with van der Waals surface area (Å²) in [5.74, 6) is -0.214. The number of fused-ring (bicyclic) bond motifs is 2. The van der Waals surface area contributed by atoms with Crippen molar-refractivity contribution in [3.8, 4) is 17.0 Å². The molecule has 2 atom stereocenters. The summed E-state index contributed by atoms with van der Waals surface area (Å²) in [6.07, 6.45) is 1.02. The topological polar surface area (TPSA) is 94.6 Å². The van der Waals surface area contributed by atoms with Crippen LogP contribution in [0.4, 0.5) is 19.1 Å². The highest BCUT2D eigenvalue weighted by atomic mass is 19.1. The number of methoxy groups -OCH3 is 1. The molecule has 0 aliphatic carbocycles. The molecule has 0 spiro atoms. The third-order valence-corrected chi connectivity index (χ3v) is 7.08. The minimum absolute atomic E-state index is 0.153. The van der Waals surface area contributed by atoms with E-state index in [0.29, 0.717) is 61.3 Å². The highest BCUT2D eigenvalue weighted by Crippen LogP contribution is 2.35. The van der Waals surface area contributed by atoms with Gasteiger partial charge in [0.15, 0.2) is 5.82 Å². The van der Waals surface area contributed by atoms with Crippen molar-refractivity contribution in [3.63, 3.8) is 0 Å². The molecule has 0 amide bonds. The Morgan fingerprint density at radius 1 is 1.27 bits per heavy atom. The Labute approximate surface area is 210 Å². The Balaban J connectivity index is 1.31. The smallest absolute Gasteiger partial charge is 0.244 e. The van der Waals surface area contributed by atoms with Crippen LogP contribution in [0.2, 0.25) is 0 Å². The second-order valence-electron chi connectivity index (χ2n) is 9.39. The van der Waals surface area contributed by atoms with Crippen molar-refractivity contribution in [3.05, 3.63) is 30.2 Å². The first-order chi connectivity index (χ1) is 18.1. The fourth-order valence-corrected chi connectivity index (χ4v) is 5.02. The van der Waals surface area contributed by atoms with E-state index in [4.69, 9.17) is 9.47 Å². The van der Waals surface area contributed by atoms with Gasteiger partial charge in [-0.05, 0) is 30.5 Å². The average Bonchev–Trinajstić information content (AvgIpc) is 3.42. The van der Waals surface area contributed by atoms with E-state index in [1.807, 2.05) is 0 Å². The molecule has 0 saturated carbocycles. The molecule has 0 unspecified atom stereocenters. The molecule has 2 saturated heterocycles. The molecule has 2 aliphatic heterocycles. The van der Waals surface area contributed by atoms with Gasteiger partial charge in [-0.2, -0.15) is 4.98 Å². The number of nitrogens with one attached hydrogen (secondary N) is 1. The Morgan fingerprint density at radius 3 is 2.86 bits per heavy atom. The molecule has 4 aromatic rings. The monoisotopic (exact) mass is 516 g/mol. The Hall–Kier alpha value is -3.45.